The Hall–Kier alpha value is -1.22. The first kappa shape index (κ1) is 16.2. The summed E-state index contributed by atoms with van der Waals surface area (Å²) in [6, 6.07) is 6.21. The first-order valence-electron chi connectivity index (χ1n) is 7.46. The second-order valence-electron chi connectivity index (χ2n) is 7.72. The molecule has 0 spiro atoms. The topological polar surface area (TPSA) is 26.3 Å². The van der Waals surface area contributed by atoms with Crippen molar-refractivity contribution in [2.45, 2.75) is 64.6 Å². The Bertz CT molecular complexity index is 541. The molecule has 21 heavy (non-hydrogen) atoms. The van der Waals surface area contributed by atoms with Crippen LogP contribution in [0.25, 0.3) is 0 Å². The Morgan fingerprint density at radius 1 is 1.19 bits per heavy atom. The molecular formula is C18H25FO2. The Morgan fingerprint density at radius 2 is 1.71 bits per heavy atom. The molecule has 1 heterocycles. The van der Waals surface area contributed by atoms with Crippen molar-refractivity contribution in [3.63, 3.8) is 0 Å². The number of ether oxygens (including phenoxy) is 1. The van der Waals surface area contributed by atoms with Crippen LogP contribution in [0.3, 0.4) is 0 Å². The fraction of sp³-hybridized carbons (Fsp3) is 0.611. The molecule has 0 N–H and O–H groups in total. The van der Waals surface area contributed by atoms with Crippen molar-refractivity contribution in [2.75, 3.05) is 0 Å². The van der Waals surface area contributed by atoms with Gasteiger partial charge in [-0.25, -0.2) is 4.39 Å². The number of Topliss-reactive ketones (excluding diaryl/α,β-unsaturated/α-hetero) is 1. The van der Waals surface area contributed by atoms with Gasteiger partial charge < -0.3 is 4.74 Å². The van der Waals surface area contributed by atoms with Crippen LogP contribution < -0.4 is 0 Å². The van der Waals surface area contributed by atoms with Crippen LogP contribution in [0.4, 0.5) is 4.39 Å². The lowest BCUT2D eigenvalue weighted by molar-refractivity contribution is -0.134. The summed E-state index contributed by atoms with van der Waals surface area (Å²) < 4.78 is 19.1. The van der Waals surface area contributed by atoms with E-state index in [-0.39, 0.29) is 23.1 Å². The molecule has 0 aliphatic carbocycles. The van der Waals surface area contributed by atoms with Gasteiger partial charge in [-0.2, -0.15) is 0 Å². The van der Waals surface area contributed by atoms with Gasteiger partial charge in [0.05, 0.1) is 11.2 Å². The zero-order valence-electron chi connectivity index (χ0n) is 13.8. The van der Waals surface area contributed by atoms with Gasteiger partial charge in [-0.15, -0.1) is 0 Å². The fourth-order valence-corrected chi connectivity index (χ4v) is 3.42. The Kier molecular flexibility index (Phi) is 3.78. The predicted molar refractivity (Wildman–Crippen MR) is 81.8 cm³/mol. The van der Waals surface area contributed by atoms with Crippen LogP contribution >= 0.6 is 0 Å². The van der Waals surface area contributed by atoms with Crippen molar-refractivity contribution in [3.8, 4) is 0 Å². The molecular weight excluding hydrogens is 267 g/mol. The van der Waals surface area contributed by atoms with E-state index in [1.165, 1.54) is 12.1 Å². The van der Waals surface area contributed by atoms with E-state index >= 15 is 0 Å². The highest BCUT2D eigenvalue weighted by atomic mass is 19.1. The minimum absolute atomic E-state index is 0.157. The molecule has 1 fully saturated rings. The molecule has 0 saturated carbocycles. The van der Waals surface area contributed by atoms with Crippen molar-refractivity contribution < 1.29 is 13.9 Å². The van der Waals surface area contributed by atoms with Crippen LogP contribution in [0.15, 0.2) is 24.3 Å². The number of rotatable bonds is 3. The average Bonchev–Trinajstić information content (AvgIpc) is 2.56. The molecule has 2 nitrogen and oxygen atoms in total. The summed E-state index contributed by atoms with van der Waals surface area (Å²) in [6.45, 7) is 11.8. The maximum atomic E-state index is 13.1. The molecule has 116 valence electrons. The highest BCUT2D eigenvalue weighted by molar-refractivity contribution is 5.92. The summed E-state index contributed by atoms with van der Waals surface area (Å²) in [6.07, 6.45) is 0.712. The van der Waals surface area contributed by atoms with Crippen molar-refractivity contribution >= 4 is 5.78 Å². The van der Waals surface area contributed by atoms with Crippen LogP contribution in [0.2, 0.25) is 0 Å². The van der Waals surface area contributed by atoms with E-state index in [9.17, 15) is 9.18 Å². The normalized spacial score (nSPS) is 24.0. The average molecular weight is 292 g/mol. The highest BCUT2D eigenvalue weighted by Crippen LogP contribution is 2.45. The standard InChI is InChI=1S/C18H25FO2/c1-16(2)11-14(18(5,6)21-16)15(20)17(3,4)12-7-9-13(19)10-8-12/h7-10,14H,11H2,1-6H3. The van der Waals surface area contributed by atoms with Gasteiger partial charge in [-0.3, -0.25) is 4.79 Å². The van der Waals surface area contributed by atoms with Gasteiger partial charge >= 0.3 is 0 Å². The Balaban J connectivity index is 2.32. The summed E-state index contributed by atoms with van der Waals surface area (Å²) in [5.74, 6) is -0.287. The number of benzene rings is 1. The maximum Gasteiger partial charge on any atom is 0.148 e. The molecule has 0 bridgehead atoms. The molecule has 2 rings (SSSR count). The van der Waals surface area contributed by atoms with Crippen LogP contribution in [0.5, 0.6) is 0 Å². The van der Waals surface area contributed by atoms with E-state index in [0.717, 1.165) is 5.56 Å². The summed E-state index contributed by atoms with van der Waals surface area (Å²) in [5.41, 5.74) is -0.575. The lowest BCUT2D eigenvalue weighted by atomic mass is 9.70. The second-order valence-corrected chi connectivity index (χ2v) is 7.72. The molecule has 1 saturated heterocycles. The number of carbonyl (C=O) groups excluding carboxylic acids is 1. The Morgan fingerprint density at radius 3 is 2.14 bits per heavy atom. The SMILES string of the molecule is CC1(C)CC(C(=O)C(C)(C)c2ccc(F)cc2)C(C)(C)O1. The monoisotopic (exact) mass is 292 g/mol. The molecule has 1 aliphatic heterocycles. The van der Waals surface area contributed by atoms with Crippen molar-refractivity contribution in [3.05, 3.63) is 35.6 Å². The third-order valence-electron chi connectivity index (χ3n) is 4.57. The Labute approximate surface area is 126 Å². The largest absolute Gasteiger partial charge is 0.369 e. The third-order valence-corrected chi connectivity index (χ3v) is 4.57. The number of hydrogen-bond donors (Lipinski definition) is 0. The highest BCUT2D eigenvalue weighted by Gasteiger charge is 2.52. The lowest BCUT2D eigenvalue weighted by Crippen LogP contribution is -2.42. The van der Waals surface area contributed by atoms with Crippen LogP contribution in [0, 0.1) is 11.7 Å². The van der Waals surface area contributed by atoms with Gasteiger partial charge in [0.2, 0.25) is 0 Å². The van der Waals surface area contributed by atoms with Crippen molar-refractivity contribution in [2.24, 2.45) is 5.92 Å². The minimum Gasteiger partial charge on any atom is -0.369 e. The van der Waals surface area contributed by atoms with Crippen molar-refractivity contribution in [1.29, 1.82) is 0 Å². The number of hydrogen-bond acceptors (Lipinski definition) is 2. The van der Waals surface area contributed by atoms with E-state index in [1.807, 2.05) is 41.5 Å². The second kappa shape index (κ2) is 4.91. The van der Waals surface area contributed by atoms with Crippen LogP contribution in [0.1, 0.15) is 53.5 Å². The summed E-state index contributed by atoms with van der Waals surface area (Å²) in [4.78, 5) is 13.1. The molecule has 1 unspecified atom stereocenters. The number of carbonyl (C=O) groups is 1. The van der Waals surface area contributed by atoms with E-state index in [2.05, 4.69) is 0 Å². The smallest absolute Gasteiger partial charge is 0.148 e. The molecule has 3 heteroatoms. The molecule has 1 aromatic rings. The van der Waals surface area contributed by atoms with E-state index in [4.69, 9.17) is 4.74 Å². The molecule has 0 aromatic heterocycles. The van der Waals surface area contributed by atoms with E-state index in [0.29, 0.717) is 6.42 Å². The van der Waals surface area contributed by atoms with Crippen LogP contribution in [-0.4, -0.2) is 17.0 Å². The summed E-state index contributed by atoms with van der Waals surface area (Å²) in [5, 5.41) is 0. The molecule has 0 amide bonds. The molecule has 0 radical (unpaired) electrons. The quantitative estimate of drug-likeness (QED) is 0.831. The first-order valence-corrected chi connectivity index (χ1v) is 7.46. The van der Waals surface area contributed by atoms with E-state index in [1.54, 1.807) is 12.1 Å². The predicted octanol–water partition coefficient (Wildman–Crippen LogP) is 4.27. The summed E-state index contributed by atoms with van der Waals surface area (Å²) >= 11 is 0. The van der Waals surface area contributed by atoms with Gasteiger partial charge in [0.15, 0.2) is 0 Å². The zero-order valence-corrected chi connectivity index (χ0v) is 13.8. The van der Waals surface area contributed by atoms with Gasteiger partial charge in [0, 0.05) is 11.3 Å². The van der Waals surface area contributed by atoms with Gasteiger partial charge in [0.25, 0.3) is 0 Å². The fourth-order valence-electron chi connectivity index (χ4n) is 3.42. The van der Waals surface area contributed by atoms with Gasteiger partial charge in [-0.05, 0) is 65.7 Å². The van der Waals surface area contributed by atoms with Crippen molar-refractivity contribution in [1.82, 2.24) is 0 Å². The van der Waals surface area contributed by atoms with Gasteiger partial charge in [0.1, 0.15) is 11.6 Å². The molecule has 1 aliphatic rings. The molecule has 1 aromatic carbocycles. The number of halogens is 1. The molecule has 1 atom stereocenters. The number of ketones is 1. The minimum atomic E-state index is -0.653. The lowest BCUT2D eigenvalue weighted by Gasteiger charge is -2.32. The van der Waals surface area contributed by atoms with E-state index < -0.39 is 11.0 Å². The third kappa shape index (κ3) is 3.03. The first-order chi connectivity index (χ1) is 9.46. The summed E-state index contributed by atoms with van der Waals surface area (Å²) in [7, 11) is 0. The zero-order chi connectivity index (χ0) is 16.1. The van der Waals surface area contributed by atoms with Crippen LogP contribution in [-0.2, 0) is 14.9 Å². The maximum absolute atomic E-state index is 13.1. The van der Waals surface area contributed by atoms with Gasteiger partial charge in [-0.1, -0.05) is 12.1 Å².